The number of likely N-dealkylation sites (tertiary alicyclic amines) is 2. The molecule has 34 heavy (non-hydrogen) atoms. The number of carbonyl (C=O) groups is 2. The van der Waals surface area contributed by atoms with Crippen molar-refractivity contribution < 1.29 is 23.5 Å². The summed E-state index contributed by atoms with van der Waals surface area (Å²) in [5, 5.41) is 3.11. The van der Waals surface area contributed by atoms with E-state index in [2.05, 4.69) is 26.1 Å². The van der Waals surface area contributed by atoms with Crippen molar-refractivity contribution in [3.63, 3.8) is 0 Å². The Bertz CT molecular complexity index is 969. The zero-order valence-electron chi connectivity index (χ0n) is 19.9. The lowest BCUT2D eigenvalue weighted by Gasteiger charge is -2.44. The largest absolute Gasteiger partial charge is 0.444 e. The number of hydrogen-bond donors (Lipinski definition) is 1. The van der Waals surface area contributed by atoms with Gasteiger partial charge in [-0.1, -0.05) is 11.6 Å². The van der Waals surface area contributed by atoms with E-state index in [4.69, 9.17) is 21.1 Å². The van der Waals surface area contributed by atoms with Gasteiger partial charge in [0.05, 0.1) is 27.5 Å². The summed E-state index contributed by atoms with van der Waals surface area (Å²) in [6.45, 7) is 8.03. The highest BCUT2D eigenvalue weighted by Crippen LogP contribution is 2.42. The van der Waals surface area contributed by atoms with Gasteiger partial charge in [-0.2, -0.15) is 0 Å². The van der Waals surface area contributed by atoms with Gasteiger partial charge in [0, 0.05) is 31.6 Å². The van der Waals surface area contributed by atoms with Crippen molar-refractivity contribution >= 4 is 50.9 Å². The van der Waals surface area contributed by atoms with Gasteiger partial charge < -0.3 is 29.5 Å². The fourth-order valence-electron chi connectivity index (χ4n) is 4.50. The molecule has 0 bridgehead atoms. The van der Waals surface area contributed by atoms with E-state index in [0.717, 1.165) is 19.4 Å². The Hall–Kier alpha value is -1.62. The molecule has 3 heterocycles. The van der Waals surface area contributed by atoms with Crippen LogP contribution >= 0.6 is 27.5 Å². The van der Waals surface area contributed by atoms with Crippen molar-refractivity contribution in [3.8, 4) is 0 Å². The molecule has 3 aliphatic heterocycles. The van der Waals surface area contributed by atoms with Crippen LogP contribution in [0.15, 0.2) is 10.5 Å². The number of hydrogen-bond acceptors (Lipinski definition) is 6. The van der Waals surface area contributed by atoms with Crippen LogP contribution in [0.4, 0.5) is 20.6 Å². The maximum absolute atomic E-state index is 15.1. The minimum absolute atomic E-state index is 0.0227. The van der Waals surface area contributed by atoms with Gasteiger partial charge >= 0.3 is 6.09 Å². The molecule has 1 aromatic rings. The van der Waals surface area contributed by atoms with Crippen LogP contribution in [0.2, 0.25) is 5.02 Å². The normalized spacial score (nSPS) is 23.6. The number of anilines is 2. The van der Waals surface area contributed by atoms with E-state index in [-0.39, 0.29) is 39.1 Å². The molecular weight excluding hydrogens is 531 g/mol. The van der Waals surface area contributed by atoms with Crippen LogP contribution in [0.3, 0.4) is 0 Å². The number of nitrogens with one attached hydrogen (secondary N) is 1. The molecule has 0 aliphatic carbocycles. The van der Waals surface area contributed by atoms with E-state index in [0.29, 0.717) is 31.9 Å². The smallest absolute Gasteiger partial charge is 0.410 e. The molecule has 2 saturated heterocycles. The van der Waals surface area contributed by atoms with E-state index in [1.165, 1.54) is 4.90 Å². The second-order valence-electron chi connectivity index (χ2n) is 10.2. The summed E-state index contributed by atoms with van der Waals surface area (Å²) in [6.07, 6.45) is 0.693. The number of rotatable bonds is 5. The Balaban J connectivity index is 1.49. The predicted octanol–water partition coefficient (Wildman–Crippen LogP) is 4.30. The fourth-order valence-corrected chi connectivity index (χ4v) is 5.00. The molecule has 2 amide bonds. The van der Waals surface area contributed by atoms with Gasteiger partial charge in [0.25, 0.3) is 5.91 Å². The first-order valence-corrected chi connectivity index (χ1v) is 12.7. The lowest BCUT2D eigenvalue weighted by atomic mass is 9.99. The van der Waals surface area contributed by atoms with Crippen molar-refractivity contribution in [2.45, 2.75) is 51.5 Å². The third kappa shape index (κ3) is 5.29. The van der Waals surface area contributed by atoms with Gasteiger partial charge in [0.2, 0.25) is 6.23 Å². The van der Waals surface area contributed by atoms with E-state index in [1.807, 2.05) is 27.8 Å². The van der Waals surface area contributed by atoms with E-state index < -0.39 is 17.6 Å². The number of carbonyl (C=O) groups excluding carboxylic acids is 2. The van der Waals surface area contributed by atoms with Gasteiger partial charge in [0.15, 0.2) is 5.82 Å². The highest BCUT2D eigenvalue weighted by atomic mass is 79.9. The molecule has 0 spiro atoms. The molecule has 0 aromatic heterocycles. The van der Waals surface area contributed by atoms with Crippen LogP contribution in [0, 0.1) is 11.7 Å². The van der Waals surface area contributed by atoms with Crippen LogP contribution in [0.5, 0.6) is 0 Å². The van der Waals surface area contributed by atoms with E-state index >= 15 is 4.39 Å². The molecule has 188 valence electrons. The molecule has 0 saturated carbocycles. The Morgan fingerprint density at radius 2 is 2.06 bits per heavy atom. The first kappa shape index (κ1) is 25.5. The van der Waals surface area contributed by atoms with Crippen LogP contribution in [0.25, 0.3) is 0 Å². The minimum Gasteiger partial charge on any atom is -0.444 e. The predicted molar refractivity (Wildman–Crippen MR) is 132 cm³/mol. The number of halogens is 3. The molecule has 2 fully saturated rings. The summed E-state index contributed by atoms with van der Waals surface area (Å²) in [5.74, 6) is -0.855. The van der Waals surface area contributed by atoms with Crippen LogP contribution in [-0.4, -0.2) is 79.5 Å². The number of ether oxygens (including phenoxy) is 2. The third-order valence-corrected chi connectivity index (χ3v) is 7.68. The van der Waals surface area contributed by atoms with Gasteiger partial charge in [-0.05, 0) is 69.2 Å². The van der Waals surface area contributed by atoms with Gasteiger partial charge in [-0.3, -0.25) is 4.79 Å². The second-order valence-corrected chi connectivity index (χ2v) is 11.4. The number of amides is 2. The SMILES string of the molecule is CN1CCCC1CO[C@@H]1Nc2c(cc(Cl)c(Br)c2F)N(CC2CN(C(=O)OC(C)(C)C)C2)C1=O. The summed E-state index contributed by atoms with van der Waals surface area (Å²) in [5.41, 5.74) is -0.0388. The molecule has 1 aromatic carbocycles. The summed E-state index contributed by atoms with van der Waals surface area (Å²) >= 11 is 9.40. The van der Waals surface area contributed by atoms with Crippen molar-refractivity contribution in [2.24, 2.45) is 5.92 Å². The molecule has 1 unspecified atom stereocenters. The van der Waals surface area contributed by atoms with Crippen molar-refractivity contribution in [1.29, 1.82) is 0 Å². The van der Waals surface area contributed by atoms with Crippen molar-refractivity contribution in [1.82, 2.24) is 9.80 Å². The molecule has 2 atom stereocenters. The zero-order chi connectivity index (χ0) is 24.8. The van der Waals surface area contributed by atoms with Crippen LogP contribution in [-0.2, 0) is 14.3 Å². The standard InChI is InChI=1S/C23H31BrClFN4O4/c1-23(2,3)34-22(32)29-9-13(10-29)11-30-16-8-15(25)17(24)18(26)19(16)27-20(21(30)31)33-12-14-6-5-7-28(14)4/h8,13-14,20,27H,5-7,9-12H2,1-4H3/t14?,20-/m0/s1. The molecule has 11 heteroatoms. The Labute approximate surface area is 212 Å². The highest BCUT2D eigenvalue weighted by molar-refractivity contribution is 9.10. The number of likely N-dealkylation sites (N-methyl/N-ethyl adjacent to an activating group) is 1. The monoisotopic (exact) mass is 560 g/mol. The summed E-state index contributed by atoms with van der Waals surface area (Å²) in [6, 6.07) is 1.79. The number of benzene rings is 1. The number of nitrogens with zero attached hydrogens (tertiary/aromatic N) is 3. The maximum atomic E-state index is 15.1. The first-order chi connectivity index (χ1) is 15.9. The molecule has 3 aliphatic rings. The average Bonchev–Trinajstić information content (AvgIpc) is 3.12. The van der Waals surface area contributed by atoms with Crippen molar-refractivity contribution in [3.05, 3.63) is 21.4 Å². The Morgan fingerprint density at radius 1 is 1.35 bits per heavy atom. The maximum Gasteiger partial charge on any atom is 0.410 e. The third-order valence-electron chi connectivity index (χ3n) is 6.37. The Kier molecular flexibility index (Phi) is 7.34. The molecule has 8 nitrogen and oxygen atoms in total. The van der Waals surface area contributed by atoms with E-state index in [1.54, 1.807) is 11.0 Å². The molecular formula is C23H31BrClFN4O4. The summed E-state index contributed by atoms with van der Waals surface area (Å²) in [7, 11) is 2.03. The van der Waals surface area contributed by atoms with E-state index in [9.17, 15) is 9.59 Å². The second kappa shape index (κ2) is 9.79. The summed E-state index contributed by atoms with van der Waals surface area (Å²) < 4.78 is 26.6. The van der Waals surface area contributed by atoms with Crippen LogP contribution in [0.1, 0.15) is 33.6 Å². The Morgan fingerprint density at radius 3 is 2.68 bits per heavy atom. The van der Waals surface area contributed by atoms with Crippen molar-refractivity contribution in [2.75, 3.05) is 50.1 Å². The molecule has 1 N–H and O–H groups in total. The van der Waals surface area contributed by atoms with Gasteiger partial charge in [-0.15, -0.1) is 0 Å². The zero-order valence-corrected chi connectivity index (χ0v) is 22.2. The highest BCUT2D eigenvalue weighted by Gasteiger charge is 2.41. The van der Waals surface area contributed by atoms with Gasteiger partial charge in [0.1, 0.15) is 5.60 Å². The number of fused-ring (bicyclic) bond motifs is 1. The lowest BCUT2D eigenvalue weighted by molar-refractivity contribution is -0.129. The first-order valence-electron chi connectivity index (χ1n) is 11.5. The lowest BCUT2D eigenvalue weighted by Crippen LogP contribution is -2.58. The molecule has 0 radical (unpaired) electrons. The van der Waals surface area contributed by atoms with Gasteiger partial charge in [-0.25, -0.2) is 9.18 Å². The topological polar surface area (TPSA) is 74.3 Å². The minimum atomic E-state index is -1.01. The van der Waals surface area contributed by atoms with Crippen LogP contribution < -0.4 is 10.2 Å². The molecule has 4 rings (SSSR count). The average molecular weight is 562 g/mol. The quantitative estimate of drug-likeness (QED) is 0.541. The fraction of sp³-hybridized carbons (Fsp3) is 0.652. The summed E-state index contributed by atoms with van der Waals surface area (Å²) in [4.78, 5) is 31.0.